The summed E-state index contributed by atoms with van der Waals surface area (Å²) in [5.41, 5.74) is 2.36. The van der Waals surface area contributed by atoms with Crippen LogP contribution in [-0.2, 0) is 27.9 Å². The lowest BCUT2D eigenvalue weighted by atomic mass is 10.0. The Morgan fingerprint density at radius 1 is 1.14 bits per heavy atom. The monoisotopic (exact) mass is 483 g/mol. The second kappa shape index (κ2) is 10.9. The molecule has 2 aromatic rings. The van der Waals surface area contributed by atoms with Crippen LogP contribution in [-0.4, -0.2) is 56.8 Å². The van der Waals surface area contributed by atoms with E-state index in [1.54, 1.807) is 31.9 Å². The number of nitrogens with one attached hydrogen (secondary N) is 2. The van der Waals surface area contributed by atoms with Crippen molar-refractivity contribution in [2.24, 2.45) is 13.0 Å². The fraction of sp³-hybridized carbons (Fsp3) is 0.538. The molecular weight excluding hydrogens is 446 g/mol. The van der Waals surface area contributed by atoms with Crippen LogP contribution in [0.15, 0.2) is 36.5 Å². The van der Waals surface area contributed by atoms with Gasteiger partial charge in [0, 0.05) is 26.3 Å². The molecule has 190 valence electrons. The Bertz CT molecular complexity index is 1040. The Hall–Kier alpha value is -3.36. The summed E-state index contributed by atoms with van der Waals surface area (Å²) in [5, 5.41) is 9.86. The van der Waals surface area contributed by atoms with Gasteiger partial charge in [0.1, 0.15) is 17.7 Å². The topological polar surface area (TPSA) is 106 Å². The number of carbonyl (C=O) groups is 3. The van der Waals surface area contributed by atoms with E-state index in [1.807, 2.05) is 55.9 Å². The van der Waals surface area contributed by atoms with Gasteiger partial charge in [0.2, 0.25) is 11.8 Å². The third-order valence-electron chi connectivity index (χ3n) is 5.98. The van der Waals surface area contributed by atoms with Gasteiger partial charge in [-0.05, 0) is 56.7 Å². The van der Waals surface area contributed by atoms with E-state index in [9.17, 15) is 14.4 Å². The molecule has 0 radical (unpaired) electrons. The SMILES string of the molecule is CC(C)C(NC(=O)OC(C)(C)C)C(=O)N1CCCC1C(=O)NCc1ccc(-c2ccnn2C)cc1. The lowest BCUT2D eigenvalue weighted by Crippen LogP contribution is -2.55. The van der Waals surface area contributed by atoms with Crippen molar-refractivity contribution in [3.63, 3.8) is 0 Å². The maximum Gasteiger partial charge on any atom is 0.408 e. The minimum atomic E-state index is -0.766. The summed E-state index contributed by atoms with van der Waals surface area (Å²) < 4.78 is 7.14. The number of rotatable bonds is 7. The minimum Gasteiger partial charge on any atom is -0.444 e. The van der Waals surface area contributed by atoms with Crippen molar-refractivity contribution < 1.29 is 19.1 Å². The van der Waals surface area contributed by atoms with Crippen molar-refractivity contribution in [1.29, 1.82) is 0 Å². The zero-order chi connectivity index (χ0) is 25.8. The van der Waals surface area contributed by atoms with Crippen molar-refractivity contribution in [2.75, 3.05) is 6.54 Å². The molecule has 3 amide bonds. The molecule has 1 saturated heterocycles. The van der Waals surface area contributed by atoms with Crippen molar-refractivity contribution >= 4 is 17.9 Å². The number of aromatic nitrogens is 2. The maximum atomic E-state index is 13.3. The molecule has 0 aliphatic carbocycles. The molecule has 2 N–H and O–H groups in total. The first-order valence-electron chi connectivity index (χ1n) is 12.1. The molecule has 1 fully saturated rings. The molecule has 0 spiro atoms. The van der Waals surface area contributed by atoms with Gasteiger partial charge in [0.15, 0.2) is 0 Å². The van der Waals surface area contributed by atoms with E-state index in [0.29, 0.717) is 19.5 Å². The van der Waals surface area contributed by atoms with Crippen molar-refractivity contribution in [3.05, 3.63) is 42.1 Å². The first kappa shape index (κ1) is 26.2. The number of alkyl carbamates (subject to hydrolysis) is 1. The molecule has 2 heterocycles. The Morgan fingerprint density at radius 3 is 2.40 bits per heavy atom. The average Bonchev–Trinajstić information content (AvgIpc) is 3.43. The lowest BCUT2D eigenvalue weighted by Gasteiger charge is -2.31. The van der Waals surface area contributed by atoms with E-state index in [2.05, 4.69) is 15.7 Å². The second-order valence-electron chi connectivity index (χ2n) is 10.3. The highest BCUT2D eigenvalue weighted by molar-refractivity contribution is 5.92. The summed E-state index contributed by atoms with van der Waals surface area (Å²) in [5.74, 6) is -0.604. The summed E-state index contributed by atoms with van der Waals surface area (Å²) in [4.78, 5) is 40.2. The number of hydrogen-bond acceptors (Lipinski definition) is 5. The first-order valence-corrected chi connectivity index (χ1v) is 12.1. The molecule has 1 aliphatic rings. The number of nitrogens with zero attached hydrogens (tertiary/aromatic N) is 3. The maximum absolute atomic E-state index is 13.3. The van der Waals surface area contributed by atoms with Crippen LogP contribution in [0.5, 0.6) is 0 Å². The smallest absolute Gasteiger partial charge is 0.408 e. The molecule has 0 saturated carbocycles. The molecule has 1 aliphatic heterocycles. The predicted molar refractivity (Wildman–Crippen MR) is 133 cm³/mol. The molecule has 3 rings (SSSR count). The van der Waals surface area contributed by atoms with E-state index in [-0.39, 0.29) is 17.7 Å². The summed E-state index contributed by atoms with van der Waals surface area (Å²) in [6.45, 7) is 9.88. The Balaban J connectivity index is 1.60. The molecule has 35 heavy (non-hydrogen) atoms. The Morgan fingerprint density at radius 2 is 1.83 bits per heavy atom. The highest BCUT2D eigenvalue weighted by Crippen LogP contribution is 2.22. The summed E-state index contributed by atoms with van der Waals surface area (Å²) in [7, 11) is 1.89. The molecule has 0 bridgehead atoms. The summed E-state index contributed by atoms with van der Waals surface area (Å²) >= 11 is 0. The van der Waals surface area contributed by atoms with E-state index >= 15 is 0 Å². The molecule has 2 atom stereocenters. The molecule has 9 nitrogen and oxygen atoms in total. The molecular formula is C26H37N5O4. The van der Waals surface area contributed by atoms with Gasteiger partial charge in [0.25, 0.3) is 0 Å². The third kappa shape index (κ3) is 6.83. The fourth-order valence-corrected chi connectivity index (χ4v) is 4.19. The summed E-state index contributed by atoms with van der Waals surface area (Å²) in [6.07, 6.45) is 2.44. The van der Waals surface area contributed by atoms with Crippen LogP contribution in [0.2, 0.25) is 0 Å². The summed E-state index contributed by atoms with van der Waals surface area (Å²) in [6, 6.07) is 8.57. The van der Waals surface area contributed by atoms with E-state index in [4.69, 9.17) is 4.74 Å². The van der Waals surface area contributed by atoms with Gasteiger partial charge < -0.3 is 20.3 Å². The number of benzene rings is 1. The number of hydrogen-bond donors (Lipinski definition) is 2. The number of likely N-dealkylation sites (tertiary alicyclic amines) is 1. The quantitative estimate of drug-likeness (QED) is 0.629. The zero-order valence-electron chi connectivity index (χ0n) is 21.5. The van der Waals surface area contributed by atoms with Crippen LogP contribution in [0.25, 0.3) is 11.3 Å². The highest BCUT2D eigenvalue weighted by atomic mass is 16.6. The van der Waals surface area contributed by atoms with E-state index < -0.39 is 23.8 Å². The lowest BCUT2D eigenvalue weighted by molar-refractivity contribution is -0.140. The average molecular weight is 484 g/mol. The minimum absolute atomic E-state index is 0.155. The van der Waals surface area contributed by atoms with Crippen LogP contribution in [0, 0.1) is 5.92 Å². The van der Waals surface area contributed by atoms with Gasteiger partial charge in [-0.3, -0.25) is 14.3 Å². The molecule has 1 aromatic heterocycles. The van der Waals surface area contributed by atoms with Crippen LogP contribution >= 0.6 is 0 Å². The van der Waals surface area contributed by atoms with Crippen molar-refractivity contribution in [3.8, 4) is 11.3 Å². The first-order chi connectivity index (χ1) is 16.5. The van der Waals surface area contributed by atoms with Gasteiger partial charge in [-0.2, -0.15) is 5.10 Å². The second-order valence-corrected chi connectivity index (χ2v) is 10.3. The molecule has 1 aromatic carbocycles. The van der Waals surface area contributed by atoms with Crippen LogP contribution in [0.3, 0.4) is 0 Å². The Kier molecular flexibility index (Phi) is 8.19. The largest absolute Gasteiger partial charge is 0.444 e. The van der Waals surface area contributed by atoms with Gasteiger partial charge in [-0.1, -0.05) is 38.1 Å². The van der Waals surface area contributed by atoms with E-state index in [0.717, 1.165) is 23.2 Å². The predicted octanol–water partition coefficient (Wildman–Crippen LogP) is 3.24. The fourth-order valence-electron chi connectivity index (χ4n) is 4.19. The number of carbonyl (C=O) groups excluding carboxylic acids is 3. The van der Waals surface area contributed by atoms with Gasteiger partial charge >= 0.3 is 6.09 Å². The molecule has 2 unspecified atom stereocenters. The zero-order valence-corrected chi connectivity index (χ0v) is 21.5. The van der Waals surface area contributed by atoms with Crippen molar-refractivity contribution in [2.45, 2.75) is 71.7 Å². The normalized spacial score (nSPS) is 16.8. The van der Waals surface area contributed by atoms with Crippen LogP contribution in [0.4, 0.5) is 4.79 Å². The number of amides is 3. The number of aryl methyl sites for hydroxylation is 1. The molecule has 9 heteroatoms. The highest BCUT2D eigenvalue weighted by Gasteiger charge is 2.39. The number of ether oxygens (including phenoxy) is 1. The van der Waals surface area contributed by atoms with Crippen molar-refractivity contribution in [1.82, 2.24) is 25.3 Å². The van der Waals surface area contributed by atoms with Gasteiger partial charge in [-0.15, -0.1) is 0 Å². The standard InChI is InChI=1S/C26H37N5O4/c1-17(2)22(29-25(34)35-26(3,4)5)24(33)31-15-7-8-21(31)23(32)27-16-18-9-11-19(12-10-18)20-13-14-28-30(20)6/h9-14,17,21-22H,7-8,15-16H2,1-6H3,(H,27,32)(H,29,34). The van der Waals surface area contributed by atoms with Crippen LogP contribution < -0.4 is 10.6 Å². The van der Waals surface area contributed by atoms with Crippen LogP contribution in [0.1, 0.15) is 53.0 Å². The van der Waals surface area contributed by atoms with Gasteiger partial charge in [0.05, 0.1) is 5.69 Å². The third-order valence-corrected chi connectivity index (χ3v) is 5.98. The Labute approximate surface area is 207 Å². The van der Waals surface area contributed by atoms with E-state index in [1.165, 1.54) is 0 Å². The van der Waals surface area contributed by atoms with Gasteiger partial charge in [-0.25, -0.2) is 4.79 Å².